The maximum absolute atomic E-state index is 12.1. The van der Waals surface area contributed by atoms with E-state index in [4.69, 9.17) is 18.9 Å². The van der Waals surface area contributed by atoms with Gasteiger partial charge < -0.3 is 29.2 Å². The van der Waals surface area contributed by atoms with E-state index in [0.29, 0.717) is 23.0 Å². The third kappa shape index (κ3) is 18.3. The Balaban J connectivity index is 0.000000276. The summed E-state index contributed by atoms with van der Waals surface area (Å²) in [5, 5.41) is 24.1. The Labute approximate surface area is 334 Å². The van der Waals surface area contributed by atoms with Crippen LogP contribution in [0, 0.1) is 0 Å². The van der Waals surface area contributed by atoms with Crippen molar-refractivity contribution in [1.29, 1.82) is 0 Å². The van der Waals surface area contributed by atoms with Crippen LogP contribution in [0.3, 0.4) is 0 Å². The van der Waals surface area contributed by atoms with Crippen molar-refractivity contribution in [3.05, 3.63) is 78.4 Å². The fourth-order valence-corrected chi connectivity index (χ4v) is 9.17. The summed E-state index contributed by atoms with van der Waals surface area (Å²) < 4.78 is 26.1. The number of para-hydroxylation sites is 2. The molecule has 0 spiro atoms. The van der Waals surface area contributed by atoms with Gasteiger partial charge in [0.1, 0.15) is 45.4 Å². The van der Waals surface area contributed by atoms with Gasteiger partial charge in [0.15, 0.2) is 0 Å². The van der Waals surface area contributed by atoms with E-state index in [1.807, 2.05) is 89.6 Å². The van der Waals surface area contributed by atoms with Crippen molar-refractivity contribution in [2.45, 2.75) is 171 Å². The predicted octanol–water partition coefficient (Wildman–Crippen LogP) is 12.1. The molecule has 0 N–H and O–H groups in total. The third-order valence-corrected chi connectivity index (χ3v) is 11.6. The molecule has 2 aromatic carbocycles. The molecule has 0 fully saturated rings. The van der Waals surface area contributed by atoms with Crippen molar-refractivity contribution in [1.82, 2.24) is 0 Å². The van der Waals surface area contributed by atoms with Crippen LogP contribution in [0.25, 0.3) is 0 Å². The molecule has 0 amide bonds. The molecule has 53 heavy (non-hydrogen) atoms. The van der Waals surface area contributed by atoms with Crippen molar-refractivity contribution in [3.8, 4) is 34.5 Å². The molecule has 0 radical (unpaired) electrons. The van der Waals surface area contributed by atoms with Gasteiger partial charge in [-0.3, -0.25) is 0 Å². The number of rotatable bonds is 12. The van der Waals surface area contributed by atoms with Crippen LogP contribution in [-0.2, 0) is 23.2 Å². The van der Waals surface area contributed by atoms with Crippen LogP contribution in [0.2, 0.25) is 0 Å². The molecular weight excluding hydrogens is 740 g/mol. The SMILES string of the molecule is CC(C)(C)Oc1cccc(OC(C)(C)C)c1[O-].CC(C)(C)Oc1cccc(OC(C)(C)C)c1[O-].CCCCC1=[C]([Zr+2][C]2=C(CCCC)C=CC2)CC=C1. The van der Waals surface area contributed by atoms with Crippen LogP contribution < -0.4 is 29.2 Å². The molecule has 2 aliphatic rings. The number of benzene rings is 2. The Kier molecular flexibility index (Phi) is 18.0. The van der Waals surface area contributed by atoms with Crippen LogP contribution in [0.15, 0.2) is 78.4 Å². The van der Waals surface area contributed by atoms with Crippen molar-refractivity contribution in [2.24, 2.45) is 0 Å². The topological polar surface area (TPSA) is 83.0 Å². The van der Waals surface area contributed by atoms with E-state index < -0.39 is 23.2 Å². The van der Waals surface area contributed by atoms with Gasteiger partial charge in [-0.2, -0.15) is 0 Å². The molecule has 0 aliphatic heterocycles. The molecule has 0 aromatic heterocycles. The van der Waals surface area contributed by atoms with E-state index in [-0.39, 0.29) is 33.9 Å². The van der Waals surface area contributed by atoms with Gasteiger partial charge in [0, 0.05) is 0 Å². The van der Waals surface area contributed by atoms with Crippen LogP contribution in [0.4, 0.5) is 0 Å². The van der Waals surface area contributed by atoms with Crippen LogP contribution in [-0.4, -0.2) is 22.4 Å². The van der Waals surface area contributed by atoms with Crippen LogP contribution in [0.5, 0.6) is 34.5 Å². The Hall–Kier alpha value is -2.92. The first kappa shape index (κ1) is 46.2. The van der Waals surface area contributed by atoms with Gasteiger partial charge in [-0.15, -0.1) is 0 Å². The quantitative estimate of drug-likeness (QED) is 0.212. The van der Waals surface area contributed by atoms with Gasteiger partial charge >= 0.3 is 130 Å². The first-order valence-electron chi connectivity index (χ1n) is 19.4. The normalized spacial score (nSPS) is 14.3. The molecule has 2 aliphatic carbocycles. The predicted molar refractivity (Wildman–Crippen MR) is 214 cm³/mol. The maximum atomic E-state index is 12.1. The monoisotopic (exact) mass is 806 g/mol. The minimum absolute atomic E-state index is 0.197. The standard InChI is InChI=1S/2C14H22O3.2C9H13.Zr/c2*1-13(2,3)16-10-8-7-9-11(12(10)15)17-14(4,5)6;2*1-2-3-6-9-7-4-5-8-9;/h2*7-9,15H,1-6H3;2*4,7H,2-3,5-6H2,1H3;/q;;;;+2/p-2. The summed E-state index contributed by atoms with van der Waals surface area (Å²) in [6.07, 6.45) is 20.2. The van der Waals surface area contributed by atoms with Crippen molar-refractivity contribution in [2.75, 3.05) is 0 Å². The van der Waals surface area contributed by atoms with Gasteiger partial charge in [-0.1, -0.05) is 12.1 Å². The zero-order valence-corrected chi connectivity index (χ0v) is 37.8. The van der Waals surface area contributed by atoms with Crippen molar-refractivity contribution in [3.63, 3.8) is 0 Å². The Morgan fingerprint density at radius 1 is 0.509 bits per heavy atom. The summed E-state index contributed by atoms with van der Waals surface area (Å²) in [7, 11) is 0. The number of unbranched alkanes of at least 4 members (excludes halogenated alkanes) is 2. The molecule has 7 heteroatoms. The summed E-state index contributed by atoms with van der Waals surface area (Å²) in [6.45, 7) is 27.5. The number of hydrogen-bond donors (Lipinski definition) is 0. The molecule has 0 saturated heterocycles. The second kappa shape index (κ2) is 20.7. The molecule has 2 aromatic rings. The second-order valence-corrected chi connectivity index (χ2v) is 21.2. The third-order valence-electron chi connectivity index (χ3n) is 7.51. The Bertz CT molecular complexity index is 1380. The summed E-state index contributed by atoms with van der Waals surface area (Å²) in [6, 6.07) is 10.2. The average Bonchev–Trinajstić information content (AvgIpc) is 3.66. The zero-order chi connectivity index (χ0) is 40.0. The first-order chi connectivity index (χ1) is 24.5. The van der Waals surface area contributed by atoms with Crippen molar-refractivity contribution >= 4 is 0 Å². The van der Waals surface area contributed by atoms with Crippen molar-refractivity contribution < 1.29 is 52.4 Å². The van der Waals surface area contributed by atoms with E-state index in [9.17, 15) is 10.2 Å². The average molecular weight is 808 g/mol. The number of allylic oxidation sites excluding steroid dienone is 8. The molecule has 292 valence electrons. The van der Waals surface area contributed by atoms with Gasteiger partial charge in [-0.05, 0) is 119 Å². The van der Waals surface area contributed by atoms with E-state index >= 15 is 0 Å². The second-order valence-electron chi connectivity index (χ2n) is 17.6. The molecule has 0 atom stereocenters. The van der Waals surface area contributed by atoms with Crippen LogP contribution in [0.1, 0.15) is 148 Å². The Morgan fingerprint density at radius 3 is 1.04 bits per heavy atom. The van der Waals surface area contributed by atoms with E-state index in [0.717, 1.165) is 0 Å². The van der Waals surface area contributed by atoms with Gasteiger partial charge in [0.05, 0.1) is 0 Å². The first-order valence-corrected chi connectivity index (χ1v) is 21.9. The summed E-state index contributed by atoms with van der Waals surface area (Å²) in [4.78, 5) is 0. The molecule has 0 saturated carbocycles. The van der Waals surface area contributed by atoms with E-state index in [1.54, 1.807) is 47.5 Å². The number of hydrogen-bond acceptors (Lipinski definition) is 6. The molecule has 0 bridgehead atoms. The Morgan fingerprint density at radius 2 is 0.792 bits per heavy atom. The molecule has 4 rings (SSSR count). The van der Waals surface area contributed by atoms with Gasteiger partial charge in [0.25, 0.3) is 0 Å². The fraction of sp³-hybridized carbons (Fsp3) is 0.565. The minimum atomic E-state index is -0.463. The van der Waals surface area contributed by atoms with E-state index in [2.05, 4.69) is 38.2 Å². The summed E-state index contributed by atoms with van der Waals surface area (Å²) in [5.74, 6) is 0.937. The summed E-state index contributed by atoms with van der Waals surface area (Å²) in [5.41, 5.74) is 1.86. The number of ether oxygens (including phenoxy) is 4. The molecular formula is C46H68O6Zr. The molecule has 0 unspecified atom stereocenters. The molecule has 0 heterocycles. The van der Waals surface area contributed by atoms with Gasteiger partial charge in [-0.25, -0.2) is 0 Å². The van der Waals surface area contributed by atoms with E-state index in [1.165, 1.54) is 51.4 Å². The van der Waals surface area contributed by atoms with Gasteiger partial charge in [0.2, 0.25) is 0 Å². The zero-order valence-electron chi connectivity index (χ0n) is 35.4. The fourth-order valence-electron chi connectivity index (χ4n) is 5.38. The van der Waals surface area contributed by atoms with Crippen LogP contribution >= 0.6 is 0 Å². The summed E-state index contributed by atoms with van der Waals surface area (Å²) >= 11 is -0.463. The molecule has 6 nitrogen and oxygen atoms in total.